The van der Waals surface area contributed by atoms with Gasteiger partial charge >= 0.3 is 5.97 Å². The Hall–Kier alpha value is -2.24. The second-order valence-corrected chi connectivity index (χ2v) is 4.23. The normalized spacial score (nSPS) is 10.6. The molecule has 6 heteroatoms. The van der Waals surface area contributed by atoms with E-state index in [1.165, 1.54) is 6.07 Å². The molecule has 0 amide bonds. The van der Waals surface area contributed by atoms with Gasteiger partial charge in [0.2, 0.25) is 0 Å². The lowest BCUT2D eigenvalue weighted by atomic mass is 10.1. The first-order valence-electron chi connectivity index (χ1n) is 5.90. The van der Waals surface area contributed by atoms with Gasteiger partial charge in [-0.15, -0.1) is 0 Å². The van der Waals surface area contributed by atoms with Crippen LogP contribution in [0.2, 0.25) is 0 Å². The van der Waals surface area contributed by atoms with Crippen LogP contribution in [-0.4, -0.2) is 25.8 Å². The van der Waals surface area contributed by atoms with Crippen LogP contribution >= 0.6 is 0 Å². The van der Waals surface area contributed by atoms with Crippen molar-refractivity contribution in [3.8, 4) is 0 Å². The predicted molar refractivity (Wildman–Crippen MR) is 66.2 cm³/mol. The first kappa shape index (κ1) is 13.2. The number of halogens is 1. The van der Waals surface area contributed by atoms with Gasteiger partial charge in [0.05, 0.1) is 6.42 Å². The molecule has 0 spiro atoms. The van der Waals surface area contributed by atoms with Gasteiger partial charge < -0.3 is 5.11 Å². The van der Waals surface area contributed by atoms with E-state index in [1.54, 1.807) is 29.9 Å². The van der Waals surface area contributed by atoms with Crippen molar-refractivity contribution in [2.24, 2.45) is 7.05 Å². The van der Waals surface area contributed by atoms with Gasteiger partial charge in [-0.3, -0.25) is 9.48 Å². The van der Waals surface area contributed by atoms with Crippen molar-refractivity contribution in [2.45, 2.75) is 19.3 Å². The quantitative estimate of drug-likeness (QED) is 0.889. The molecule has 1 heterocycles. The number of aromatic nitrogens is 3. The van der Waals surface area contributed by atoms with E-state index in [0.717, 1.165) is 0 Å². The Morgan fingerprint density at radius 1 is 1.42 bits per heavy atom. The molecular formula is C13H14FN3O2. The fourth-order valence-electron chi connectivity index (χ4n) is 1.80. The van der Waals surface area contributed by atoms with Gasteiger partial charge in [0.1, 0.15) is 11.6 Å². The van der Waals surface area contributed by atoms with E-state index in [0.29, 0.717) is 30.1 Å². The topological polar surface area (TPSA) is 68.0 Å². The number of aryl methyl sites for hydroxylation is 2. The highest BCUT2D eigenvalue weighted by molar-refractivity contribution is 5.66. The highest BCUT2D eigenvalue weighted by Crippen LogP contribution is 2.11. The number of carboxylic acid groups (broad SMARTS) is 1. The Morgan fingerprint density at radius 3 is 2.84 bits per heavy atom. The Bertz CT molecular complexity index is 595. The molecule has 0 saturated carbocycles. The molecule has 19 heavy (non-hydrogen) atoms. The number of aliphatic carboxylic acids is 1. The SMILES string of the molecule is Cn1nc(Cc2ccccc2F)nc1CCC(=O)O. The zero-order valence-corrected chi connectivity index (χ0v) is 10.5. The number of hydrogen-bond donors (Lipinski definition) is 1. The summed E-state index contributed by atoms with van der Waals surface area (Å²) in [6.07, 6.45) is 0.620. The zero-order chi connectivity index (χ0) is 13.8. The van der Waals surface area contributed by atoms with Crippen LogP contribution in [0.3, 0.4) is 0 Å². The summed E-state index contributed by atoms with van der Waals surface area (Å²) in [6.45, 7) is 0. The van der Waals surface area contributed by atoms with Crippen LogP contribution in [0, 0.1) is 5.82 Å². The standard InChI is InChI=1S/C13H14FN3O2/c1-17-12(6-7-13(18)19)15-11(16-17)8-9-4-2-3-5-10(9)14/h2-5H,6-8H2,1H3,(H,18,19). The van der Waals surface area contributed by atoms with E-state index >= 15 is 0 Å². The van der Waals surface area contributed by atoms with Crippen molar-refractivity contribution in [2.75, 3.05) is 0 Å². The first-order valence-corrected chi connectivity index (χ1v) is 5.90. The van der Waals surface area contributed by atoms with Gasteiger partial charge in [0, 0.05) is 19.9 Å². The minimum Gasteiger partial charge on any atom is -0.481 e. The lowest BCUT2D eigenvalue weighted by Gasteiger charge is -1.98. The largest absolute Gasteiger partial charge is 0.481 e. The van der Waals surface area contributed by atoms with Crippen LogP contribution in [0.15, 0.2) is 24.3 Å². The Balaban J connectivity index is 2.12. The number of hydrogen-bond acceptors (Lipinski definition) is 3. The van der Waals surface area contributed by atoms with Crippen LogP contribution < -0.4 is 0 Å². The monoisotopic (exact) mass is 263 g/mol. The molecule has 0 atom stereocenters. The van der Waals surface area contributed by atoms with Crippen molar-refractivity contribution >= 4 is 5.97 Å². The van der Waals surface area contributed by atoms with Crippen LogP contribution in [0.5, 0.6) is 0 Å². The third-order valence-corrected chi connectivity index (χ3v) is 2.77. The smallest absolute Gasteiger partial charge is 0.303 e. The van der Waals surface area contributed by atoms with E-state index in [4.69, 9.17) is 5.11 Å². The van der Waals surface area contributed by atoms with Gasteiger partial charge in [0.15, 0.2) is 5.82 Å². The third kappa shape index (κ3) is 3.37. The van der Waals surface area contributed by atoms with Crippen LogP contribution in [0.1, 0.15) is 23.6 Å². The van der Waals surface area contributed by atoms with Gasteiger partial charge in [-0.25, -0.2) is 9.37 Å². The number of benzene rings is 1. The van der Waals surface area contributed by atoms with Crippen molar-refractivity contribution < 1.29 is 14.3 Å². The molecule has 0 unspecified atom stereocenters. The molecular weight excluding hydrogens is 249 g/mol. The van der Waals surface area contributed by atoms with Gasteiger partial charge in [-0.05, 0) is 11.6 Å². The Kier molecular flexibility index (Phi) is 3.89. The van der Waals surface area contributed by atoms with E-state index < -0.39 is 5.97 Å². The van der Waals surface area contributed by atoms with E-state index in [2.05, 4.69) is 10.1 Å². The van der Waals surface area contributed by atoms with Crippen LogP contribution in [-0.2, 0) is 24.7 Å². The average Bonchev–Trinajstić information content (AvgIpc) is 2.70. The minimum absolute atomic E-state index is 0.00563. The molecule has 2 aromatic rings. The highest BCUT2D eigenvalue weighted by Gasteiger charge is 2.11. The van der Waals surface area contributed by atoms with Crippen LogP contribution in [0.4, 0.5) is 4.39 Å². The fraction of sp³-hybridized carbons (Fsp3) is 0.308. The maximum atomic E-state index is 13.5. The zero-order valence-electron chi connectivity index (χ0n) is 10.5. The number of rotatable bonds is 5. The lowest BCUT2D eigenvalue weighted by molar-refractivity contribution is -0.137. The first-order chi connectivity index (χ1) is 9.06. The molecule has 1 aromatic heterocycles. The van der Waals surface area contributed by atoms with Gasteiger partial charge in [0.25, 0.3) is 0 Å². The number of carbonyl (C=O) groups is 1. The summed E-state index contributed by atoms with van der Waals surface area (Å²) in [5, 5.41) is 12.8. The second-order valence-electron chi connectivity index (χ2n) is 4.23. The molecule has 0 saturated heterocycles. The molecule has 1 aromatic carbocycles. The summed E-state index contributed by atoms with van der Waals surface area (Å²) in [5.74, 6) is -0.0811. The van der Waals surface area contributed by atoms with Crippen molar-refractivity contribution in [1.82, 2.24) is 14.8 Å². The van der Waals surface area contributed by atoms with Crippen molar-refractivity contribution in [1.29, 1.82) is 0 Å². The molecule has 0 fully saturated rings. The summed E-state index contributed by atoms with van der Waals surface area (Å²) in [7, 11) is 1.70. The maximum Gasteiger partial charge on any atom is 0.303 e. The lowest BCUT2D eigenvalue weighted by Crippen LogP contribution is -2.03. The molecule has 100 valence electrons. The highest BCUT2D eigenvalue weighted by atomic mass is 19.1. The predicted octanol–water partition coefficient (Wildman–Crippen LogP) is 1.56. The molecule has 1 N–H and O–H groups in total. The van der Waals surface area contributed by atoms with E-state index in [9.17, 15) is 9.18 Å². The molecule has 0 bridgehead atoms. The van der Waals surface area contributed by atoms with Gasteiger partial charge in [-0.1, -0.05) is 18.2 Å². The van der Waals surface area contributed by atoms with Crippen LogP contribution in [0.25, 0.3) is 0 Å². The number of nitrogens with zero attached hydrogens (tertiary/aromatic N) is 3. The van der Waals surface area contributed by atoms with E-state index in [1.807, 2.05) is 0 Å². The average molecular weight is 263 g/mol. The molecule has 0 aliphatic heterocycles. The minimum atomic E-state index is -0.876. The summed E-state index contributed by atoms with van der Waals surface area (Å²) < 4.78 is 15.0. The molecule has 0 radical (unpaired) electrons. The number of carboxylic acids is 1. The molecule has 0 aliphatic rings. The van der Waals surface area contributed by atoms with Gasteiger partial charge in [-0.2, -0.15) is 5.10 Å². The second kappa shape index (κ2) is 5.60. The molecule has 0 aliphatic carbocycles. The summed E-state index contributed by atoms with van der Waals surface area (Å²) >= 11 is 0. The molecule has 2 rings (SSSR count). The summed E-state index contributed by atoms with van der Waals surface area (Å²) in [4.78, 5) is 14.8. The summed E-state index contributed by atoms with van der Waals surface area (Å²) in [5.41, 5.74) is 0.526. The Morgan fingerprint density at radius 2 is 2.16 bits per heavy atom. The third-order valence-electron chi connectivity index (χ3n) is 2.77. The summed E-state index contributed by atoms with van der Waals surface area (Å²) in [6, 6.07) is 6.46. The Labute approximate surface area is 109 Å². The molecule has 5 nitrogen and oxygen atoms in total. The van der Waals surface area contributed by atoms with Crippen molar-refractivity contribution in [3.63, 3.8) is 0 Å². The van der Waals surface area contributed by atoms with Crippen molar-refractivity contribution in [3.05, 3.63) is 47.3 Å². The van der Waals surface area contributed by atoms with E-state index in [-0.39, 0.29) is 12.2 Å². The fourth-order valence-corrected chi connectivity index (χ4v) is 1.80. The maximum absolute atomic E-state index is 13.5.